The molecule has 108 valence electrons. The third-order valence-corrected chi connectivity index (χ3v) is 3.64. The Labute approximate surface area is 117 Å². The quantitative estimate of drug-likeness (QED) is 0.796. The fraction of sp³-hybridized carbons (Fsp3) is 0.625. The highest BCUT2D eigenvalue weighted by Crippen LogP contribution is 2.23. The zero-order chi connectivity index (χ0) is 14.5. The number of benzene rings is 1. The van der Waals surface area contributed by atoms with E-state index in [0.717, 1.165) is 31.8 Å². The molecule has 0 atom stereocenters. The average molecular weight is 264 g/mol. The first-order chi connectivity index (χ1) is 8.89. The van der Waals surface area contributed by atoms with E-state index in [-0.39, 0.29) is 5.41 Å². The molecule has 0 amide bonds. The number of hydrogen-bond donors (Lipinski definition) is 2. The molecule has 0 bridgehead atoms. The Bertz CT molecular complexity index is 413. The minimum Gasteiger partial charge on any atom is -0.496 e. The second kappa shape index (κ2) is 6.92. The van der Waals surface area contributed by atoms with Crippen LogP contribution < -0.4 is 15.8 Å². The number of methoxy groups -OCH3 is 1. The van der Waals surface area contributed by atoms with Gasteiger partial charge in [0.05, 0.1) is 7.11 Å². The van der Waals surface area contributed by atoms with Crippen molar-refractivity contribution in [3.63, 3.8) is 0 Å². The van der Waals surface area contributed by atoms with Gasteiger partial charge in [-0.3, -0.25) is 0 Å². The normalized spacial score (nSPS) is 11.7. The van der Waals surface area contributed by atoms with Crippen LogP contribution in [0.25, 0.3) is 0 Å². The van der Waals surface area contributed by atoms with Gasteiger partial charge >= 0.3 is 0 Å². The molecule has 0 fully saturated rings. The molecule has 0 spiro atoms. The Kier molecular flexibility index (Phi) is 5.83. The molecule has 19 heavy (non-hydrogen) atoms. The van der Waals surface area contributed by atoms with Crippen LogP contribution in [0, 0.1) is 19.3 Å². The molecule has 0 saturated heterocycles. The Hall–Kier alpha value is -1.06. The molecule has 3 N–H and O–H groups in total. The molecule has 0 aliphatic heterocycles. The molecular weight excluding hydrogens is 236 g/mol. The Morgan fingerprint density at radius 1 is 1.21 bits per heavy atom. The summed E-state index contributed by atoms with van der Waals surface area (Å²) in [7, 11) is 1.73. The predicted molar refractivity (Wildman–Crippen MR) is 81.6 cm³/mol. The molecular formula is C16H28N2O. The predicted octanol–water partition coefficient (Wildman–Crippen LogP) is 2.78. The lowest BCUT2D eigenvalue weighted by molar-refractivity contribution is 0.317. The standard InChI is InChI=1S/C16H28N2O/c1-12-8-14(15(19-5)9-13(12)2)10-18-11-16(3,4)6-7-17/h8-9,18H,6-7,10-11,17H2,1-5H3. The van der Waals surface area contributed by atoms with Gasteiger partial charge in [-0.25, -0.2) is 0 Å². The van der Waals surface area contributed by atoms with E-state index >= 15 is 0 Å². The molecule has 3 nitrogen and oxygen atoms in total. The van der Waals surface area contributed by atoms with Crippen LogP contribution in [0.5, 0.6) is 5.75 Å². The lowest BCUT2D eigenvalue weighted by Gasteiger charge is -2.24. The molecule has 3 heteroatoms. The maximum Gasteiger partial charge on any atom is 0.123 e. The SMILES string of the molecule is COc1cc(C)c(C)cc1CNCC(C)(C)CCN. The highest BCUT2D eigenvalue weighted by atomic mass is 16.5. The van der Waals surface area contributed by atoms with Crippen molar-refractivity contribution in [2.24, 2.45) is 11.1 Å². The minimum atomic E-state index is 0.238. The van der Waals surface area contributed by atoms with Crippen molar-refractivity contribution in [1.29, 1.82) is 0 Å². The molecule has 0 aliphatic rings. The summed E-state index contributed by atoms with van der Waals surface area (Å²) in [6.07, 6.45) is 1.03. The van der Waals surface area contributed by atoms with Gasteiger partial charge in [-0.2, -0.15) is 0 Å². The van der Waals surface area contributed by atoms with Crippen LogP contribution >= 0.6 is 0 Å². The van der Waals surface area contributed by atoms with Crippen molar-refractivity contribution in [3.05, 3.63) is 28.8 Å². The van der Waals surface area contributed by atoms with Crippen molar-refractivity contribution in [2.75, 3.05) is 20.2 Å². The van der Waals surface area contributed by atoms with Crippen molar-refractivity contribution in [1.82, 2.24) is 5.32 Å². The highest BCUT2D eigenvalue weighted by Gasteiger charge is 2.16. The van der Waals surface area contributed by atoms with Crippen LogP contribution in [0.15, 0.2) is 12.1 Å². The summed E-state index contributed by atoms with van der Waals surface area (Å²) in [6.45, 7) is 11.3. The summed E-state index contributed by atoms with van der Waals surface area (Å²) in [5.41, 5.74) is 9.66. The zero-order valence-corrected chi connectivity index (χ0v) is 13.0. The first-order valence-corrected chi connectivity index (χ1v) is 6.94. The molecule has 1 aromatic carbocycles. The number of nitrogens with two attached hydrogens (primary N) is 1. The van der Waals surface area contributed by atoms with E-state index in [2.05, 4.69) is 45.1 Å². The van der Waals surface area contributed by atoms with E-state index in [9.17, 15) is 0 Å². The fourth-order valence-corrected chi connectivity index (χ4v) is 2.19. The summed E-state index contributed by atoms with van der Waals surface area (Å²) in [5, 5.41) is 3.51. The number of aryl methyl sites for hydroxylation is 2. The lowest BCUT2D eigenvalue weighted by Crippen LogP contribution is -2.31. The van der Waals surface area contributed by atoms with Crippen LogP contribution in [-0.4, -0.2) is 20.2 Å². The maximum atomic E-state index is 5.63. The first kappa shape index (κ1) is 16.0. The lowest BCUT2D eigenvalue weighted by atomic mass is 9.89. The summed E-state index contributed by atoms with van der Waals surface area (Å²) in [5.74, 6) is 0.965. The Morgan fingerprint density at radius 3 is 2.42 bits per heavy atom. The van der Waals surface area contributed by atoms with Gasteiger partial charge in [0.2, 0.25) is 0 Å². The topological polar surface area (TPSA) is 47.3 Å². The van der Waals surface area contributed by atoms with Crippen molar-refractivity contribution in [3.8, 4) is 5.75 Å². The number of nitrogens with one attached hydrogen (secondary N) is 1. The third-order valence-electron chi connectivity index (χ3n) is 3.64. The summed E-state index contributed by atoms with van der Waals surface area (Å²) < 4.78 is 5.45. The van der Waals surface area contributed by atoms with Crippen LogP contribution in [0.3, 0.4) is 0 Å². The van der Waals surface area contributed by atoms with Crippen molar-refractivity contribution in [2.45, 2.75) is 40.7 Å². The molecule has 0 saturated carbocycles. The van der Waals surface area contributed by atoms with Crippen LogP contribution in [0.2, 0.25) is 0 Å². The zero-order valence-electron chi connectivity index (χ0n) is 13.0. The monoisotopic (exact) mass is 264 g/mol. The van der Waals surface area contributed by atoms with E-state index in [0.29, 0.717) is 0 Å². The molecule has 1 rings (SSSR count). The van der Waals surface area contributed by atoms with Gasteiger partial charge in [-0.15, -0.1) is 0 Å². The van der Waals surface area contributed by atoms with Gasteiger partial charge < -0.3 is 15.8 Å². The van der Waals surface area contributed by atoms with Crippen LogP contribution in [0.1, 0.15) is 37.0 Å². The minimum absolute atomic E-state index is 0.238. The first-order valence-electron chi connectivity index (χ1n) is 6.94. The van der Waals surface area contributed by atoms with Gasteiger partial charge in [0, 0.05) is 18.7 Å². The fourth-order valence-electron chi connectivity index (χ4n) is 2.19. The van der Waals surface area contributed by atoms with E-state index in [1.807, 2.05) is 0 Å². The summed E-state index contributed by atoms with van der Waals surface area (Å²) in [6, 6.07) is 4.31. The number of rotatable bonds is 7. The van der Waals surface area contributed by atoms with E-state index in [1.165, 1.54) is 16.7 Å². The van der Waals surface area contributed by atoms with Crippen LogP contribution in [0.4, 0.5) is 0 Å². The second-order valence-electron chi connectivity index (χ2n) is 6.05. The second-order valence-corrected chi connectivity index (χ2v) is 6.05. The van der Waals surface area contributed by atoms with Crippen molar-refractivity contribution < 1.29 is 4.74 Å². The summed E-state index contributed by atoms with van der Waals surface area (Å²) in [4.78, 5) is 0. The molecule has 1 aromatic rings. The molecule has 0 heterocycles. The molecule has 0 aliphatic carbocycles. The van der Waals surface area contributed by atoms with E-state index in [1.54, 1.807) is 7.11 Å². The van der Waals surface area contributed by atoms with Gasteiger partial charge in [0.25, 0.3) is 0 Å². The van der Waals surface area contributed by atoms with Gasteiger partial charge in [0.1, 0.15) is 5.75 Å². The largest absolute Gasteiger partial charge is 0.496 e. The smallest absolute Gasteiger partial charge is 0.123 e. The third kappa shape index (κ3) is 4.84. The highest BCUT2D eigenvalue weighted by molar-refractivity contribution is 5.41. The Balaban J connectivity index is 2.65. The van der Waals surface area contributed by atoms with Crippen LogP contribution in [-0.2, 0) is 6.54 Å². The van der Waals surface area contributed by atoms with Crippen molar-refractivity contribution >= 4 is 0 Å². The molecule has 0 unspecified atom stereocenters. The molecule has 0 aromatic heterocycles. The summed E-state index contributed by atoms with van der Waals surface area (Å²) >= 11 is 0. The Morgan fingerprint density at radius 2 is 1.84 bits per heavy atom. The molecule has 0 radical (unpaired) electrons. The number of ether oxygens (including phenoxy) is 1. The van der Waals surface area contributed by atoms with Gasteiger partial charge in [-0.1, -0.05) is 19.9 Å². The average Bonchev–Trinajstić information content (AvgIpc) is 2.33. The maximum absolute atomic E-state index is 5.63. The van der Waals surface area contributed by atoms with E-state index in [4.69, 9.17) is 10.5 Å². The number of hydrogen-bond acceptors (Lipinski definition) is 3. The van der Waals surface area contributed by atoms with Gasteiger partial charge in [0.15, 0.2) is 0 Å². The van der Waals surface area contributed by atoms with E-state index < -0.39 is 0 Å². The van der Waals surface area contributed by atoms with Gasteiger partial charge in [-0.05, 0) is 49.4 Å².